The Morgan fingerprint density at radius 3 is 2.11 bits per heavy atom. The summed E-state index contributed by atoms with van der Waals surface area (Å²) in [6.07, 6.45) is 6.98. The maximum atomic E-state index is 12.2. The van der Waals surface area contributed by atoms with Crippen LogP contribution in [0.5, 0.6) is 0 Å². The molecule has 4 nitrogen and oxygen atoms in total. The Balaban J connectivity index is 0.00000162. The number of nitrogens with zero attached hydrogens (tertiary/aromatic N) is 2. The molecule has 0 aromatic heterocycles. The first kappa shape index (κ1) is 15.7. The minimum absolute atomic E-state index is 0. The van der Waals surface area contributed by atoms with Crippen molar-refractivity contribution in [1.29, 1.82) is 0 Å². The summed E-state index contributed by atoms with van der Waals surface area (Å²) in [4.78, 5) is 16.5. The summed E-state index contributed by atoms with van der Waals surface area (Å²) in [7, 11) is 0. The minimum Gasteiger partial charge on any atom is -0.342 e. The zero-order valence-electron chi connectivity index (χ0n) is 11.1. The molecule has 0 aliphatic carbocycles. The topological polar surface area (TPSA) is 49.6 Å². The lowest BCUT2D eigenvalue weighted by atomic mass is 10.1. The van der Waals surface area contributed by atoms with Crippen LogP contribution in [0.2, 0.25) is 0 Å². The first-order valence-corrected chi connectivity index (χ1v) is 7.01. The zero-order valence-corrected chi connectivity index (χ0v) is 12.0. The molecule has 18 heavy (non-hydrogen) atoms. The van der Waals surface area contributed by atoms with Crippen LogP contribution in [-0.2, 0) is 4.79 Å². The average Bonchev–Trinajstić information content (AvgIpc) is 2.61. The van der Waals surface area contributed by atoms with Crippen LogP contribution >= 0.6 is 12.4 Å². The molecule has 0 aromatic rings. The number of piperidine rings is 1. The predicted octanol–water partition coefficient (Wildman–Crippen LogP) is 1.23. The van der Waals surface area contributed by atoms with Crippen LogP contribution in [0.1, 0.15) is 38.5 Å². The van der Waals surface area contributed by atoms with Gasteiger partial charge < -0.3 is 10.6 Å². The number of carbonyl (C=O) groups excluding carboxylic acids is 1. The van der Waals surface area contributed by atoms with Crippen LogP contribution < -0.4 is 5.73 Å². The van der Waals surface area contributed by atoms with Gasteiger partial charge in [0.2, 0.25) is 5.91 Å². The third-order valence-electron chi connectivity index (χ3n) is 3.95. The number of hydrogen-bond donors (Lipinski definition) is 1. The normalized spacial score (nSPS) is 23.3. The fourth-order valence-corrected chi connectivity index (χ4v) is 2.72. The Hall–Kier alpha value is -0.320. The predicted molar refractivity (Wildman–Crippen MR) is 75.9 cm³/mol. The van der Waals surface area contributed by atoms with Crippen molar-refractivity contribution in [3.8, 4) is 0 Å². The second-order valence-corrected chi connectivity index (χ2v) is 5.41. The van der Waals surface area contributed by atoms with Crippen LogP contribution in [0.25, 0.3) is 0 Å². The SMILES string of the molecule is Cl.NC1CCN(CC(=O)N2CCCCCC2)CC1. The molecule has 0 spiro atoms. The summed E-state index contributed by atoms with van der Waals surface area (Å²) < 4.78 is 0. The molecule has 2 aliphatic heterocycles. The third kappa shape index (κ3) is 4.75. The molecular formula is C13H26ClN3O. The average molecular weight is 276 g/mol. The molecule has 2 heterocycles. The fraction of sp³-hybridized carbons (Fsp3) is 0.923. The van der Waals surface area contributed by atoms with Crippen LogP contribution in [0.15, 0.2) is 0 Å². The lowest BCUT2D eigenvalue weighted by Gasteiger charge is -2.31. The van der Waals surface area contributed by atoms with Gasteiger partial charge in [-0.1, -0.05) is 12.8 Å². The molecule has 0 unspecified atom stereocenters. The second kappa shape index (κ2) is 7.97. The van der Waals surface area contributed by atoms with Gasteiger partial charge in [-0.3, -0.25) is 9.69 Å². The van der Waals surface area contributed by atoms with Crippen LogP contribution in [0.4, 0.5) is 0 Å². The van der Waals surface area contributed by atoms with Gasteiger partial charge in [0.1, 0.15) is 0 Å². The summed E-state index contributed by atoms with van der Waals surface area (Å²) in [6, 6.07) is 0.347. The van der Waals surface area contributed by atoms with Gasteiger partial charge in [0.15, 0.2) is 0 Å². The fourth-order valence-electron chi connectivity index (χ4n) is 2.72. The third-order valence-corrected chi connectivity index (χ3v) is 3.95. The minimum atomic E-state index is 0. The maximum absolute atomic E-state index is 12.2. The van der Waals surface area contributed by atoms with Gasteiger partial charge in [0.05, 0.1) is 6.54 Å². The quantitative estimate of drug-likeness (QED) is 0.825. The van der Waals surface area contributed by atoms with E-state index in [9.17, 15) is 4.79 Å². The molecule has 2 aliphatic rings. The van der Waals surface area contributed by atoms with Crippen LogP contribution in [0.3, 0.4) is 0 Å². The number of carbonyl (C=O) groups is 1. The van der Waals surface area contributed by atoms with E-state index in [0.717, 1.165) is 39.0 Å². The highest BCUT2D eigenvalue weighted by molar-refractivity contribution is 5.85. The second-order valence-electron chi connectivity index (χ2n) is 5.41. The molecule has 0 bridgehead atoms. The van der Waals surface area contributed by atoms with E-state index in [1.807, 2.05) is 0 Å². The molecule has 106 valence electrons. The summed E-state index contributed by atoms with van der Waals surface area (Å²) in [5, 5.41) is 0. The van der Waals surface area contributed by atoms with Gasteiger partial charge in [-0.05, 0) is 25.7 Å². The van der Waals surface area contributed by atoms with Gasteiger partial charge in [-0.25, -0.2) is 0 Å². The molecule has 0 aromatic carbocycles. The molecule has 2 rings (SSSR count). The van der Waals surface area contributed by atoms with E-state index < -0.39 is 0 Å². The Kier molecular flexibility index (Phi) is 6.97. The number of hydrogen-bond acceptors (Lipinski definition) is 3. The van der Waals surface area contributed by atoms with Gasteiger partial charge in [0, 0.05) is 32.2 Å². The zero-order chi connectivity index (χ0) is 12.1. The van der Waals surface area contributed by atoms with Gasteiger partial charge in [-0.15, -0.1) is 12.4 Å². The highest BCUT2D eigenvalue weighted by atomic mass is 35.5. The number of halogens is 1. The Bertz CT molecular complexity index is 247. The van der Waals surface area contributed by atoms with Crippen LogP contribution in [-0.4, -0.2) is 54.5 Å². The van der Waals surface area contributed by atoms with E-state index in [1.165, 1.54) is 25.7 Å². The van der Waals surface area contributed by atoms with E-state index >= 15 is 0 Å². The van der Waals surface area contributed by atoms with Crippen molar-refractivity contribution in [2.24, 2.45) is 5.73 Å². The van der Waals surface area contributed by atoms with Crippen molar-refractivity contribution in [1.82, 2.24) is 9.80 Å². The Morgan fingerprint density at radius 2 is 1.56 bits per heavy atom. The molecule has 2 fully saturated rings. The lowest BCUT2D eigenvalue weighted by Crippen LogP contribution is -2.46. The van der Waals surface area contributed by atoms with E-state index in [1.54, 1.807) is 0 Å². The van der Waals surface area contributed by atoms with E-state index in [0.29, 0.717) is 18.5 Å². The summed E-state index contributed by atoms with van der Waals surface area (Å²) in [6.45, 7) is 4.51. The highest BCUT2D eigenvalue weighted by Crippen LogP contribution is 2.12. The largest absolute Gasteiger partial charge is 0.342 e. The van der Waals surface area contributed by atoms with Gasteiger partial charge in [0.25, 0.3) is 0 Å². The van der Waals surface area contributed by atoms with Crippen LogP contribution in [0, 0.1) is 0 Å². The van der Waals surface area contributed by atoms with Crippen molar-refractivity contribution in [3.05, 3.63) is 0 Å². The van der Waals surface area contributed by atoms with E-state index in [4.69, 9.17) is 5.73 Å². The first-order chi connectivity index (χ1) is 8.25. The molecule has 0 atom stereocenters. The van der Waals surface area contributed by atoms with Crippen molar-refractivity contribution in [2.45, 2.75) is 44.6 Å². The monoisotopic (exact) mass is 275 g/mol. The number of rotatable bonds is 2. The summed E-state index contributed by atoms with van der Waals surface area (Å²) >= 11 is 0. The van der Waals surface area contributed by atoms with Gasteiger partial charge in [-0.2, -0.15) is 0 Å². The molecule has 0 radical (unpaired) electrons. The van der Waals surface area contributed by atoms with E-state index in [-0.39, 0.29) is 12.4 Å². The Morgan fingerprint density at radius 1 is 1.00 bits per heavy atom. The number of nitrogens with two attached hydrogens (primary N) is 1. The molecule has 2 saturated heterocycles. The summed E-state index contributed by atoms with van der Waals surface area (Å²) in [5.41, 5.74) is 5.87. The molecule has 5 heteroatoms. The van der Waals surface area contributed by atoms with Gasteiger partial charge >= 0.3 is 0 Å². The van der Waals surface area contributed by atoms with Crippen molar-refractivity contribution in [3.63, 3.8) is 0 Å². The smallest absolute Gasteiger partial charge is 0.236 e. The van der Waals surface area contributed by atoms with Crippen molar-refractivity contribution >= 4 is 18.3 Å². The lowest BCUT2D eigenvalue weighted by molar-refractivity contribution is -0.132. The Labute approximate surface area is 116 Å². The molecular weight excluding hydrogens is 250 g/mol. The molecule has 1 amide bonds. The summed E-state index contributed by atoms with van der Waals surface area (Å²) in [5.74, 6) is 0.322. The molecule has 2 N–H and O–H groups in total. The number of amides is 1. The van der Waals surface area contributed by atoms with Crippen molar-refractivity contribution < 1.29 is 4.79 Å². The first-order valence-electron chi connectivity index (χ1n) is 7.01. The molecule has 0 saturated carbocycles. The number of likely N-dealkylation sites (tertiary alicyclic amines) is 2. The highest BCUT2D eigenvalue weighted by Gasteiger charge is 2.21. The van der Waals surface area contributed by atoms with Crippen molar-refractivity contribution in [2.75, 3.05) is 32.7 Å². The maximum Gasteiger partial charge on any atom is 0.236 e. The van der Waals surface area contributed by atoms with E-state index in [2.05, 4.69) is 9.80 Å². The standard InChI is InChI=1S/C13H25N3O.ClH/c14-12-5-9-15(10-6-12)11-13(17)16-7-3-1-2-4-8-16;/h12H,1-11,14H2;1H.